The van der Waals surface area contributed by atoms with Crippen molar-refractivity contribution in [2.24, 2.45) is 0 Å². The summed E-state index contributed by atoms with van der Waals surface area (Å²) in [5, 5.41) is 3.83. The van der Waals surface area contributed by atoms with Crippen LogP contribution >= 0.6 is 11.6 Å². The van der Waals surface area contributed by atoms with Crippen LogP contribution in [0.25, 0.3) is 0 Å². The number of hydrogen-bond donors (Lipinski definition) is 1. The van der Waals surface area contributed by atoms with E-state index in [1.807, 2.05) is 37.3 Å². The summed E-state index contributed by atoms with van der Waals surface area (Å²) >= 11 is 5.91. The Morgan fingerprint density at radius 2 is 2.35 bits per heavy atom. The molecular formula is C14H18ClNO. The van der Waals surface area contributed by atoms with E-state index >= 15 is 0 Å². The molecule has 0 unspecified atom stereocenters. The zero-order valence-electron chi connectivity index (χ0n) is 10.3. The number of hydrogen-bond acceptors (Lipinski definition) is 2. The summed E-state index contributed by atoms with van der Waals surface area (Å²) in [4.78, 5) is 11.3. The van der Waals surface area contributed by atoms with E-state index in [2.05, 4.69) is 5.32 Å². The molecule has 0 amide bonds. The molecule has 1 aliphatic rings. The third kappa shape index (κ3) is 5.05. The van der Waals surface area contributed by atoms with Gasteiger partial charge in [-0.3, -0.25) is 4.79 Å². The second kappa shape index (κ2) is 7.13. The third-order valence-electron chi connectivity index (χ3n) is 2.46. The lowest BCUT2D eigenvalue weighted by molar-refractivity contribution is -0.114. The van der Waals surface area contributed by atoms with Crippen molar-refractivity contribution in [2.75, 3.05) is 6.54 Å². The van der Waals surface area contributed by atoms with Gasteiger partial charge in [0, 0.05) is 18.5 Å². The first-order chi connectivity index (χ1) is 8.13. The predicted molar refractivity (Wildman–Crippen MR) is 72.8 cm³/mol. The second-order valence-corrected chi connectivity index (χ2v) is 4.32. The van der Waals surface area contributed by atoms with Gasteiger partial charge in [-0.1, -0.05) is 41.5 Å². The Morgan fingerprint density at radius 3 is 3.00 bits per heavy atom. The first-order valence-electron chi connectivity index (χ1n) is 5.80. The number of carbonyl (C=O) groups excluding carboxylic acids is 1. The molecule has 0 saturated carbocycles. The lowest BCUT2D eigenvalue weighted by Gasteiger charge is -2.06. The van der Waals surface area contributed by atoms with Crippen LogP contribution in [0, 0.1) is 0 Å². The first-order valence-corrected chi connectivity index (χ1v) is 6.18. The molecule has 92 valence electrons. The van der Waals surface area contributed by atoms with Gasteiger partial charge in [0.1, 0.15) is 0 Å². The first kappa shape index (κ1) is 13.8. The number of halogens is 1. The number of nitrogens with one attached hydrogen (secondary N) is 1. The molecule has 0 heterocycles. The molecule has 3 heteroatoms. The van der Waals surface area contributed by atoms with Crippen LogP contribution in [-0.4, -0.2) is 12.3 Å². The fraction of sp³-hybridized carbons (Fsp3) is 0.357. The van der Waals surface area contributed by atoms with Gasteiger partial charge in [0.2, 0.25) is 0 Å². The van der Waals surface area contributed by atoms with Crippen LogP contribution in [0.3, 0.4) is 0 Å². The van der Waals surface area contributed by atoms with Crippen LogP contribution in [0.2, 0.25) is 0 Å². The van der Waals surface area contributed by atoms with Gasteiger partial charge in [0.05, 0.1) is 5.70 Å². The van der Waals surface area contributed by atoms with Crippen LogP contribution in [0.4, 0.5) is 0 Å². The van der Waals surface area contributed by atoms with Crippen molar-refractivity contribution in [1.29, 1.82) is 0 Å². The van der Waals surface area contributed by atoms with E-state index in [0.29, 0.717) is 5.70 Å². The minimum Gasteiger partial charge on any atom is -0.383 e. The van der Waals surface area contributed by atoms with Crippen LogP contribution in [0.15, 0.2) is 46.7 Å². The third-order valence-corrected chi connectivity index (χ3v) is 2.74. The Balaban J connectivity index is 2.65. The molecule has 0 spiro atoms. The zero-order chi connectivity index (χ0) is 12.7. The summed E-state index contributed by atoms with van der Waals surface area (Å²) in [6.07, 6.45) is 11.4. The molecule has 2 nitrogen and oxygen atoms in total. The Bertz CT molecular complexity index is 400. The minimum absolute atomic E-state index is 0.0742. The van der Waals surface area contributed by atoms with Crippen LogP contribution in [0.5, 0.6) is 0 Å². The quantitative estimate of drug-likeness (QED) is 0.758. The van der Waals surface area contributed by atoms with Crippen LogP contribution in [0.1, 0.15) is 26.7 Å². The highest BCUT2D eigenvalue weighted by Crippen LogP contribution is 2.17. The lowest BCUT2D eigenvalue weighted by Crippen LogP contribution is -2.18. The maximum Gasteiger partial charge on any atom is 0.175 e. The summed E-state index contributed by atoms with van der Waals surface area (Å²) in [6, 6.07) is 0. The highest BCUT2D eigenvalue weighted by molar-refractivity contribution is 6.31. The number of likely N-dealkylation sites (N-methyl/N-ethyl adjacent to an activating group) is 1. The van der Waals surface area contributed by atoms with Gasteiger partial charge in [0.25, 0.3) is 0 Å². The monoisotopic (exact) mass is 251 g/mol. The Kier molecular flexibility index (Phi) is 5.78. The Morgan fingerprint density at radius 1 is 1.59 bits per heavy atom. The van der Waals surface area contributed by atoms with Crippen molar-refractivity contribution in [1.82, 2.24) is 5.32 Å². The molecule has 1 aliphatic carbocycles. The molecule has 0 aromatic rings. The molecule has 0 bridgehead atoms. The minimum atomic E-state index is 0.0742. The lowest BCUT2D eigenvalue weighted by atomic mass is 10.1. The van der Waals surface area contributed by atoms with Gasteiger partial charge >= 0.3 is 0 Å². The molecule has 17 heavy (non-hydrogen) atoms. The van der Waals surface area contributed by atoms with Gasteiger partial charge < -0.3 is 5.32 Å². The Labute approximate surface area is 108 Å². The molecule has 0 aromatic heterocycles. The van der Waals surface area contributed by atoms with Gasteiger partial charge in [-0.2, -0.15) is 0 Å². The molecule has 0 radical (unpaired) electrons. The molecule has 1 rings (SSSR count). The largest absolute Gasteiger partial charge is 0.383 e. The van der Waals surface area contributed by atoms with Crippen molar-refractivity contribution in [3.05, 3.63) is 46.7 Å². The summed E-state index contributed by atoms with van der Waals surface area (Å²) in [7, 11) is 0. The van der Waals surface area contributed by atoms with E-state index in [1.165, 1.54) is 5.57 Å². The van der Waals surface area contributed by atoms with Crippen molar-refractivity contribution in [3.63, 3.8) is 0 Å². The standard InChI is InChI=1S/C14H18ClNO/c1-3-16-14(11(2)17)10-8-12-5-4-6-13(15)9-7-12/h4-6,9-10,16H,3,7-8H2,1-2H3. The molecule has 0 saturated heterocycles. The van der Waals surface area contributed by atoms with Crippen molar-refractivity contribution in [2.45, 2.75) is 26.7 Å². The van der Waals surface area contributed by atoms with E-state index in [4.69, 9.17) is 11.6 Å². The molecule has 0 aromatic carbocycles. The van der Waals surface area contributed by atoms with E-state index in [-0.39, 0.29) is 5.78 Å². The number of Topliss-reactive ketones (excluding diaryl/α,β-unsaturated/α-hetero) is 1. The van der Waals surface area contributed by atoms with E-state index in [1.54, 1.807) is 6.92 Å². The molecule has 1 N–H and O–H groups in total. The van der Waals surface area contributed by atoms with Gasteiger partial charge in [0.15, 0.2) is 5.78 Å². The fourth-order valence-electron chi connectivity index (χ4n) is 1.56. The van der Waals surface area contributed by atoms with Crippen LogP contribution < -0.4 is 5.32 Å². The number of rotatable bonds is 5. The average Bonchev–Trinajstić information content (AvgIpc) is 2.49. The van der Waals surface area contributed by atoms with E-state index in [9.17, 15) is 4.79 Å². The summed E-state index contributed by atoms with van der Waals surface area (Å²) in [5.74, 6) is 0.0742. The van der Waals surface area contributed by atoms with Crippen molar-refractivity contribution >= 4 is 17.4 Å². The highest BCUT2D eigenvalue weighted by Gasteiger charge is 2.03. The molecule has 0 aliphatic heterocycles. The van der Waals surface area contributed by atoms with E-state index < -0.39 is 0 Å². The van der Waals surface area contributed by atoms with Crippen LogP contribution in [-0.2, 0) is 4.79 Å². The molecule has 0 fully saturated rings. The molecule has 0 atom stereocenters. The number of carbonyl (C=O) groups is 1. The smallest absolute Gasteiger partial charge is 0.175 e. The van der Waals surface area contributed by atoms with Crippen molar-refractivity contribution in [3.8, 4) is 0 Å². The van der Waals surface area contributed by atoms with E-state index in [0.717, 1.165) is 24.4 Å². The normalized spacial score (nSPS) is 16.1. The average molecular weight is 252 g/mol. The molecular weight excluding hydrogens is 234 g/mol. The zero-order valence-corrected chi connectivity index (χ0v) is 11.1. The fourth-order valence-corrected chi connectivity index (χ4v) is 1.71. The maximum atomic E-state index is 11.3. The number of allylic oxidation sites excluding steroid dienone is 8. The summed E-state index contributed by atoms with van der Waals surface area (Å²) in [5.41, 5.74) is 1.94. The maximum absolute atomic E-state index is 11.3. The summed E-state index contributed by atoms with van der Waals surface area (Å²) < 4.78 is 0. The van der Waals surface area contributed by atoms with Gasteiger partial charge in [-0.05, 0) is 25.8 Å². The highest BCUT2D eigenvalue weighted by atomic mass is 35.5. The van der Waals surface area contributed by atoms with Gasteiger partial charge in [-0.25, -0.2) is 0 Å². The predicted octanol–water partition coefficient (Wildman–Crippen LogP) is 3.47. The SMILES string of the molecule is CCNC(=CCC1=CC=CC(Cl)=CC1)C(C)=O. The topological polar surface area (TPSA) is 29.1 Å². The summed E-state index contributed by atoms with van der Waals surface area (Å²) in [6.45, 7) is 4.32. The second-order valence-electron chi connectivity index (χ2n) is 3.89. The van der Waals surface area contributed by atoms with Gasteiger partial charge in [-0.15, -0.1) is 0 Å². The Hall–Kier alpha value is -1.28. The number of ketones is 1. The van der Waals surface area contributed by atoms with Crippen molar-refractivity contribution < 1.29 is 4.79 Å².